The maximum atomic E-state index is 12.4. The third-order valence-electron chi connectivity index (χ3n) is 3.46. The average molecular weight is 360 g/mol. The number of aromatic amines is 1. The van der Waals surface area contributed by atoms with Crippen molar-refractivity contribution in [3.05, 3.63) is 67.8 Å². The van der Waals surface area contributed by atoms with E-state index in [0.29, 0.717) is 23.1 Å². The number of aromatic nitrogens is 2. The van der Waals surface area contributed by atoms with Crippen molar-refractivity contribution in [1.29, 1.82) is 0 Å². The fourth-order valence-electron chi connectivity index (χ4n) is 2.32. The molecule has 25 heavy (non-hydrogen) atoms. The van der Waals surface area contributed by atoms with E-state index >= 15 is 0 Å². The first-order valence-corrected chi connectivity index (χ1v) is 7.82. The molecule has 0 saturated heterocycles. The SMILES string of the molecule is CCOc1cc(/C=N/n2c(=O)[nH]c3ccccc3c2=O)cc(Cl)c1O. The van der Waals surface area contributed by atoms with Crippen LogP contribution in [-0.4, -0.2) is 27.6 Å². The van der Waals surface area contributed by atoms with Gasteiger partial charge in [0.25, 0.3) is 5.56 Å². The molecule has 0 aliphatic rings. The van der Waals surface area contributed by atoms with Crippen LogP contribution in [0.1, 0.15) is 12.5 Å². The summed E-state index contributed by atoms with van der Waals surface area (Å²) in [6.07, 6.45) is 1.29. The van der Waals surface area contributed by atoms with Crippen LogP contribution in [-0.2, 0) is 0 Å². The van der Waals surface area contributed by atoms with E-state index in [1.54, 1.807) is 31.2 Å². The van der Waals surface area contributed by atoms with E-state index in [9.17, 15) is 14.7 Å². The Balaban J connectivity index is 2.07. The van der Waals surface area contributed by atoms with Crippen LogP contribution in [0.2, 0.25) is 5.02 Å². The molecule has 0 radical (unpaired) electrons. The monoisotopic (exact) mass is 359 g/mol. The largest absolute Gasteiger partial charge is 0.503 e. The second-order valence-electron chi connectivity index (χ2n) is 5.12. The number of para-hydroxylation sites is 1. The molecule has 2 N–H and O–H groups in total. The number of phenols is 1. The molecule has 0 spiro atoms. The van der Waals surface area contributed by atoms with Crippen molar-refractivity contribution in [2.45, 2.75) is 6.92 Å². The summed E-state index contributed by atoms with van der Waals surface area (Å²) in [5.41, 5.74) is -0.290. The second kappa shape index (κ2) is 6.82. The summed E-state index contributed by atoms with van der Waals surface area (Å²) in [6, 6.07) is 9.62. The van der Waals surface area contributed by atoms with Gasteiger partial charge in [0.2, 0.25) is 0 Å². The minimum absolute atomic E-state index is 0.0761. The Morgan fingerprint density at radius 3 is 2.84 bits per heavy atom. The third kappa shape index (κ3) is 3.27. The number of nitrogens with zero attached hydrogens (tertiary/aromatic N) is 2. The van der Waals surface area contributed by atoms with Crippen LogP contribution in [0.4, 0.5) is 0 Å². The van der Waals surface area contributed by atoms with Gasteiger partial charge in [0.1, 0.15) is 0 Å². The molecule has 0 fully saturated rings. The Morgan fingerprint density at radius 2 is 2.08 bits per heavy atom. The van der Waals surface area contributed by atoms with Crippen molar-refractivity contribution >= 4 is 28.7 Å². The molecule has 0 bridgehead atoms. The van der Waals surface area contributed by atoms with Gasteiger partial charge in [0.15, 0.2) is 11.5 Å². The van der Waals surface area contributed by atoms with E-state index in [0.717, 1.165) is 4.68 Å². The number of rotatable bonds is 4. The summed E-state index contributed by atoms with van der Waals surface area (Å²) in [4.78, 5) is 27.1. The molecule has 2 aromatic carbocycles. The van der Waals surface area contributed by atoms with Gasteiger partial charge in [0.05, 0.1) is 28.7 Å². The number of benzene rings is 2. The fraction of sp³-hybridized carbons (Fsp3) is 0.118. The number of ether oxygens (including phenoxy) is 1. The lowest BCUT2D eigenvalue weighted by Gasteiger charge is -2.08. The Bertz CT molecular complexity index is 1090. The molecule has 3 rings (SSSR count). The Hall–Kier alpha value is -3.06. The van der Waals surface area contributed by atoms with E-state index < -0.39 is 11.2 Å². The van der Waals surface area contributed by atoms with Crippen molar-refractivity contribution in [3.8, 4) is 11.5 Å². The average Bonchev–Trinajstić information content (AvgIpc) is 2.59. The summed E-state index contributed by atoms with van der Waals surface area (Å²) in [7, 11) is 0. The predicted octanol–water partition coefficient (Wildman–Crippen LogP) is 2.33. The highest BCUT2D eigenvalue weighted by Gasteiger charge is 2.09. The van der Waals surface area contributed by atoms with Crippen LogP contribution in [0.5, 0.6) is 11.5 Å². The van der Waals surface area contributed by atoms with Crippen molar-refractivity contribution in [2.75, 3.05) is 6.61 Å². The minimum Gasteiger partial charge on any atom is -0.503 e. The van der Waals surface area contributed by atoms with Crippen molar-refractivity contribution in [1.82, 2.24) is 9.66 Å². The van der Waals surface area contributed by atoms with E-state index in [2.05, 4.69) is 10.1 Å². The zero-order valence-electron chi connectivity index (χ0n) is 13.2. The molecular formula is C17H14ClN3O4. The zero-order valence-corrected chi connectivity index (χ0v) is 13.9. The van der Waals surface area contributed by atoms with Gasteiger partial charge >= 0.3 is 5.69 Å². The zero-order chi connectivity index (χ0) is 18.0. The highest BCUT2D eigenvalue weighted by Crippen LogP contribution is 2.34. The van der Waals surface area contributed by atoms with Crippen molar-refractivity contribution in [2.24, 2.45) is 5.10 Å². The van der Waals surface area contributed by atoms with Gasteiger partial charge in [-0.3, -0.25) is 4.79 Å². The molecule has 128 valence electrons. The number of hydrogen-bond acceptors (Lipinski definition) is 5. The molecule has 0 unspecified atom stereocenters. The smallest absolute Gasteiger partial charge is 0.349 e. The molecule has 7 nitrogen and oxygen atoms in total. The molecule has 8 heteroatoms. The van der Waals surface area contributed by atoms with Crippen LogP contribution >= 0.6 is 11.6 Å². The highest BCUT2D eigenvalue weighted by molar-refractivity contribution is 6.32. The molecule has 0 aliphatic carbocycles. The van der Waals surface area contributed by atoms with E-state index in [1.165, 1.54) is 18.3 Å². The quantitative estimate of drug-likeness (QED) is 0.699. The summed E-state index contributed by atoms with van der Waals surface area (Å²) in [5.74, 6) is 0.0117. The van der Waals surface area contributed by atoms with E-state index in [-0.39, 0.29) is 16.5 Å². The Kier molecular flexibility index (Phi) is 4.58. The third-order valence-corrected chi connectivity index (χ3v) is 3.74. The number of phenolic OH excluding ortho intramolecular Hbond substituents is 1. The van der Waals surface area contributed by atoms with E-state index in [1.807, 2.05) is 0 Å². The number of nitrogens with one attached hydrogen (secondary N) is 1. The van der Waals surface area contributed by atoms with Gasteiger partial charge < -0.3 is 14.8 Å². The lowest BCUT2D eigenvalue weighted by molar-refractivity contribution is 0.318. The first-order chi connectivity index (χ1) is 12.0. The summed E-state index contributed by atoms with van der Waals surface area (Å²) < 4.78 is 6.01. The van der Waals surface area contributed by atoms with Gasteiger partial charge in [-0.25, -0.2) is 4.79 Å². The topological polar surface area (TPSA) is 96.7 Å². The molecule has 0 saturated carbocycles. The fourth-order valence-corrected chi connectivity index (χ4v) is 2.54. The van der Waals surface area contributed by atoms with Crippen LogP contribution < -0.4 is 16.0 Å². The molecule has 3 aromatic rings. The molecule has 0 atom stereocenters. The van der Waals surface area contributed by atoms with Crippen molar-refractivity contribution in [3.63, 3.8) is 0 Å². The van der Waals surface area contributed by atoms with Gasteiger partial charge in [-0.15, -0.1) is 4.68 Å². The van der Waals surface area contributed by atoms with Gasteiger partial charge in [-0.2, -0.15) is 5.10 Å². The van der Waals surface area contributed by atoms with Crippen molar-refractivity contribution < 1.29 is 9.84 Å². The van der Waals surface area contributed by atoms with E-state index in [4.69, 9.17) is 16.3 Å². The maximum Gasteiger partial charge on any atom is 0.349 e. The minimum atomic E-state index is -0.658. The number of H-pyrrole nitrogens is 1. The first-order valence-electron chi connectivity index (χ1n) is 7.45. The standard InChI is InChI=1S/C17H14ClN3O4/c1-2-25-14-8-10(7-12(18)15(14)22)9-19-21-16(23)11-5-3-4-6-13(11)20-17(21)24/h3-9,22H,2H2,1H3,(H,20,24)/b19-9+. The lowest BCUT2D eigenvalue weighted by Crippen LogP contribution is -2.32. The van der Waals surface area contributed by atoms with Gasteiger partial charge in [-0.1, -0.05) is 23.7 Å². The summed E-state index contributed by atoms with van der Waals surface area (Å²) in [6.45, 7) is 2.11. The molecule has 0 amide bonds. The van der Waals surface area contributed by atoms with Gasteiger partial charge in [0, 0.05) is 0 Å². The first kappa shape index (κ1) is 16.8. The Morgan fingerprint density at radius 1 is 1.32 bits per heavy atom. The van der Waals surface area contributed by atoms with Crippen LogP contribution in [0.25, 0.3) is 10.9 Å². The maximum absolute atomic E-state index is 12.4. The predicted molar refractivity (Wildman–Crippen MR) is 96.1 cm³/mol. The van der Waals surface area contributed by atoms with Crippen LogP contribution in [0.15, 0.2) is 51.1 Å². The second-order valence-corrected chi connectivity index (χ2v) is 5.53. The summed E-state index contributed by atoms with van der Waals surface area (Å²) in [5, 5.41) is 14.2. The van der Waals surface area contributed by atoms with Gasteiger partial charge in [-0.05, 0) is 36.8 Å². The summed E-state index contributed by atoms with van der Waals surface area (Å²) >= 11 is 5.95. The van der Waals surface area contributed by atoms with Crippen LogP contribution in [0, 0.1) is 0 Å². The molecule has 0 aliphatic heterocycles. The molecular weight excluding hydrogens is 346 g/mol. The van der Waals surface area contributed by atoms with Crippen LogP contribution in [0.3, 0.4) is 0 Å². The number of aromatic hydroxyl groups is 1. The molecule has 1 heterocycles. The molecule has 1 aromatic heterocycles. The normalized spacial score (nSPS) is 11.3. The number of fused-ring (bicyclic) bond motifs is 1. The lowest BCUT2D eigenvalue weighted by atomic mass is 10.2. The number of halogens is 1. The Labute approximate surface area is 146 Å². The highest BCUT2D eigenvalue weighted by atomic mass is 35.5. The number of hydrogen-bond donors (Lipinski definition) is 2.